The van der Waals surface area contributed by atoms with Crippen molar-refractivity contribution in [2.45, 2.75) is 44.3 Å². The standard InChI is InChI=1S/C32H35N3O5/c1-21(2)28(29(36)37)33-30(38)32(16-17-35(20-32)18-22-10-4-3-5-11-22)34-31(39)40-19-27-25-14-8-6-12-23(25)24-13-7-9-15-26(24)27/h3-15,21,27-28H,16-20H2,1-2H3,(H,33,38)(H,34,39)(H,36,37)/t28-,32?/m0/s1. The molecule has 0 spiro atoms. The zero-order chi connectivity index (χ0) is 28.3. The molecule has 1 aliphatic heterocycles. The number of likely N-dealkylation sites (tertiary alicyclic amines) is 1. The van der Waals surface area contributed by atoms with Crippen molar-refractivity contribution in [2.24, 2.45) is 5.92 Å². The molecule has 1 fully saturated rings. The van der Waals surface area contributed by atoms with Gasteiger partial charge < -0.3 is 20.5 Å². The van der Waals surface area contributed by atoms with Crippen LogP contribution in [0, 0.1) is 5.92 Å². The van der Waals surface area contributed by atoms with Crippen LogP contribution in [0.25, 0.3) is 11.1 Å². The molecule has 0 aromatic heterocycles. The number of carboxylic acids is 1. The second-order valence-electron chi connectivity index (χ2n) is 11.0. The zero-order valence-electron chi connectivity index (χ0n) is 22.8. The lowest BCUT2D eigenvalue weighted by molar-refractivity contribution is -0.144. The summed E-state index contributed by atoms with van der Waals surface area (Å²) in [5.41, 5.74) is 4.22. The molecule has 2 aliphatic rings. The summed E-state index contributed by atoms with van der Waals surface area (Å²) in [6.45, 7) is 5.00. The first-order valence-corrected chi connectivity index (χ1v) is 13.7. The molecule has 3 aromatic carbocycles. The van der Waals surface area contributed by atoms with Crippen molar-refractivity contribution < 1.29 is 24.2 Å². The molecule has 5 rings (SSSR count). The Bertz CT molecular complexity index is 1350. The van der Waals surface area contributed by atoms with Gasteiger partial charge in [0.1, 0.15) is 18.2 Å². The average Bonchev–Trinajstić information content (AvgIpc) is 3.50. The van der Waals surface area contributed by atoms with Gasteiger partial charge >= 0.3 is 12.1 Å². The molecule has 1 heterocycles. The fourth-order valence-electron chi connectivity index (χ4n) is 5.83. The third-order valence-electron chi connectivity index (χ3n) is 7.94. The first kappa shape index (κ1) is 27.4. The van der Waals surface area contributed by atoms with Crippen LogP contribution in [0.15, 0.2) is 78.9 Å². The number of hydrogen-bond acceptors (Lipinski definition) is 5. The summed E-state index contributed by atoms with van der Waals surface area (Å²) in [7, 11) is 0. The third kappa shape index (κ3) is 5.58. The van der Waals surface area contributed by atoms with Gasteiger partial charge in [-0.2, -0.15) is 0 Å². The smallest absolute Gasteiger partial charge is 0.408 e. The van der Waals surface area contributed by atoms with Crippen LogP contribution in [0.1, 0.15) is 42.9 Å². The molecule has 3 N–H and O–H groups in total. The zero-order valence-corrected chi connectivity index (χ0v) is 22.8. The summed E-state index contributed by atoms with van der Waals surface area (Å²) in [5.74, 6) is -2.07. The van der Waals surface area contributed by atoms with Gasteiger partial charge in [0.2, 0.25) is 5.91 Å². The van der Waals surface area contributed by atoms with Crippen LogP contribution in [0.4, 0.5) is 4.79 Å². The van der Waals surface area contributed by atoms with E-state index in [0.717, 1.165) is 27.8 Å². The highest BCUT2D eigenvalue weighted by atomic mass is 16.5. The number of carbonyl (C=O) groups excluding carboxylic acids is 2. The van der Waals surface area contributed by atoms with Gasteiger partial charge in [-0.05, 0) is 40.2 Å². The van der Waals surface area contributed by atoms with Crippen molar-refractivity contribution in [3.8, 4) is 11.1 Å². The van der Waals surface area contributed by atoms with Gasteiger partial charge in [-0.3, -0.25) is 9.69 Å². The second kappa shape index (κ2) is 11.5. The van der Waals surface area contributed by atoms with Crippen LogP contribution in [0.2, 0.25) is 0 Å². The average molecular weight is 542 g/mol. The van der Waals surface area contributed by atoms with Crippen molar-refractivity contribution in [3.05, 3.63) is 95.6 Å². The lowest BCUT2D eigenvalue weighted by Gasteiger charge is -2.31. The minimum atomic E-state index is -1.32. The second-order valence-corrected chi connectivity index (χ2v) is 11.0. The van der Waals surface area contributed by atoms with Gasteiger partial charge in [-0.15, -0.1) is 0 Å². The first-order chi connectivity index (χ1) is 19.3. The van der Waals surface area contributed by atoms with Crippen molar-refractivity contribution in [1.29, 1.82) is 0 Å². The first-order valence-electron chi connectivity index (χ1n) is 13.7. The Labute approximate surface area is 234 Å². The van der Waals surface area contributed by atoms with Crippen LogP contribution in [0.5, 0.6) is 0 Å². The summed E-state index contributed by atoms with van der Waals surface area (Å²) >= 11 is 0. The van der Waals surface area contributed by atoms with Crippen LogP contribution < -0.4 is 10.6 Å². The van der Waals surface area contributed by atoms with Crippen molar-refractivity contribution in [1.82, 2.24) is 15.5 Å². The van der Waals surface area contributed by atoms with E-state index in [1.807, 2.05) is 66.7 Å². The monoisotopic (exact) mass is 541 g/mol. The van der Waals surface area contributed by atoms with E-state index >= 15 is 0 Å². The molecule has 8 heteroatoms. The Morgan fingerprint density at radius 1 is 0.950 bits per heavy atom. The highest BCUT2D eigenvalue weighted by molar-refractivity contribution is 5.93. The number of hydrogen-bond donors (Lipinski definition) is 3. The van der Waals surface area contributed by atoms with E-state index in [1.165, 1.54) is 0 Å². The molecular formula is C32H35N3O5. The SMILES string of the molecule is CC(C)[C@H](NC(=O)C1(NC(=O)OCC2c3ccccc3-c3ccccc32)CCN(Cc2ccccc2)C1)C(=O)O. The van der Waals surface area contributed by atoms with E-state index in [1.54, 1.807) is 13.8 Å². The molecule has 1 aliphatic carbocycles. The summed E-state index contributed by atoms with van der Waals surface area (Å²) in [5, 5.41) is 15.2. The normalized spacial score (nSPS) is 19.1. The molecule has 1 unspecified atom stereocenters. The lowest BCUT2D eigenvalue weighted by atomic mass is 9.95. The molecule has 1 saturated heterocycles. The van der Waals surface area contributed by atoms with Gasteiger partial charge in [0.05, 0.1) is 0 Å². The Balaban J connectivity index is 1.32. The highest BCUT2D eigenvalue weighted by Gasteiger charge is 2.47. The molecule has 2 amide bonds. The number of rotatable bonds is 9. The van der Waals surface area contributed by atoms with Crippen LogP contribution in [-0.2, 0) is 20.9 Å². The van der Waals surface area contributed by atoms with Crippen LogP contribution >= 0.6 is 0 Å². The number of nitrogens with zero attached hydrogens (tertiary/aromatic N) is 1. The van der Waals surface area contributed by atoms with Gasteiger partial charge in [0.15, 0.2) is 0 Å². The quantitative estimate of drug-likeness (QED) is 0.371. The van der Waals surface area contributed by atoms with E-state index in [-0.39, 0.29) is 25.0 Å². The number of aliphatic carboxylic acids is 1. The predicted molar refractivity (Wildman–Crippen MR) is 152 cm³/mol. The van der Waals surface area contributed by atoms with Gasteiger partial charge in [-0.1, -0.05) is 92.7 Å². The Kier molecular flexibility index (Phi) is 7.89. The summed E-state index contributed by atoms with van der Waals surface area (Å²) in [6.07, 6.45) is -0.365. The Hall–Kier alpha value is -4.17. The molecule has 3 aromatic rings. The van der Waals surface area contributed by atoms with Crippen molar-refractivity contribution >= 4 is 18.0 Å². The van der Waals surface area contributed by atoms with Crippen molar-refractivity contribution in [3.63, 3.8) is 0 Å². The number of amides is 2. The number of fused-ring (bicyclic) bond motifs is 3. The largest absolute Gasteiger partial charge is 0.480 e. The highest BCUT2D eigenvalue weighted by Crippen LogP contribution is 2.44. The third-order valence-corrected chi connectivity index (χ3v) is 7.94. The summed E-state index contributed by atoms with van der Waals surface area (Å²) in [6, 6.07) is 25.0. The summed E-state index contributed by atoms with van der Waals surface area (Å²) < 4.78 is 5.77. The van der Waals surface area contributed by atoms with Gasteiger partial charge in [-0.25, -0.2) is 9.59 Å². The minimum absolute atomic E-state index is 0.113. The molecule has 0 bridgehead atoms. The Morgan fingerprint density at radius 3 is 2.15 bits per heavy atom. The van der Waals surface area contributed by atoms with Crippen LogP contribution in [-0.4, -0.2) is 59.3 Å². The van der Waals surface area contributed by atoms with Gasteiger partial charge in [0.25, 0.3) is 0 Å². The molecule has 0 saturated carbocycles. The molecule has 208 valence electrons. The maximum absolute atomic E-state index is 13.6. The van der Waals surface area contributed by atoms with Gasteiger partial charge in [0, 0.05) is 25.6 Å². The van der Waals surface area contributed by atoms with E-state index in [9.17, 15) is 19.5 Å². The number of carbonyl (C=O) groups is 3. The molecule has 2 atom stereocenters. The minimum Gasteiger partial charge on any atom is -0.480 e. The van der Waals surface area contributed by atoms with Crippen molar-refractivity contribution in [2.75, 3.05) is 19.7 Å². The molecule has 0 radical (unpaired) electrons. The Morgan fingerprint density at radius 2 is 1.55 bits per heavy atom. The number of carboxylic acid groups (broad SMARTS) is 1. The number of nitrogens with one attached hydrogen (secondary N) is 2. The number of ether oxygens (including phenoxy) is 1. The van der Waals surface area contributed by atoms with E-state index < -0.39 is 29.6 Å². The fourth-order valence-corrected chi connectivity index (χ4v) is 5.83. The lowest BCUT2D eigenvalue weighted by Crippen LogP contribution is -2.63. The number of benzene rings is 3. The van der Waals surface area contributed by atoms with E-state index in [4.69, 9.17) is 4.74 Å². The molecular weight excluding hydrogens is 506 g/mol. The maximum atomic E-state index is 13.6. The van der Waals surface area contributed by atoms with E-state index in [0.29, 0.717) is 19.5 Å². The number of alkyl carbamates (subject to hydrolysis) is 1. The predicted octanol–water partition coefficient (Wildman–Crippen LogP) is 4.40. The molecule has 40 heavy (non-hydrogen) atoms. The fraction of sp³-hybridized carbons (Fsp3) is 0.344. The summed E-state index contributed by atoms with van der Waals surface area (Å²) in [4.78, 5) is 40.8. The maximum Gasteiger partial charge on any atom is 0.408 e. The topological polar surface area (TPSA) is 108 Å². The van der Waals surface area contributed by atoms with Crippen LogP contribution in [0.3, 0.4) is 0 Å². The van der Waals surface area contributed by atoms with E-state index in [2.05, 4.69) is 27.7 Å². The molecule has 8 nitrogen and oxygen atoms in total.